The fraction of sp³-hybridized carbons (Fsp3) is 0.125. The summed E-state index contributed by atoms with van der Waals surface area (Å²) in [4.78, 5) is 20.7. The fourth-order valence-electron chi connectivity index (χ4n) is 4.14. The van der Waals surface area contributed by atoms with Gasteiger partial charge in [-0.1, -0.05) is 48.5 Å². The molecule has 208 valence electrons. The van der Waals surface area contributed by atoms with E-state index in [0.29, 0.717) is 33.7 Å². The van der Waals surface area contributed by atoms with E-state index >= 15 is 0 Å². The molecular formula is C32H26FIN2O4S. The lowest BCUT2D eigenvalue weighted by atomic mass is 10.1. The molecule has 0 atom stereocenters. The Morgan fingerprint density at radius 2 is 1.68 bits per heavy atom. The first-order valence-corrected chi connectivity index (χ1v) is 14.6. The Kier molecular flexibility index (Phi) is 9.25. The first-order valence-electron chi connectivity index (χ1n) is 12.7. The monoisotopic (exact) mass is 680 g/mol. The molecule has 1 aliphatic rings. The number of hydrogen-bond acceptors (Lipinski definition) is 6. The molecule has 41 heavy (non-hydrogen) atoms. The van der Waals surface area contributed by atoms with Crippen molar-refractivity contribution in [1.29, 1.82) is 0 Å². The zero-order valence-electron chi connectivity index (χ0n) is 22.3. The van der Waals surface area contributed by atoms with Gasteiger partial charge in [0, 0.05) is 5.56 Å². The van der Waals surface area contributed by atoms with E-state index in [9.17, 15) is 9.18 Å². The van der Waals surface area contributed by atoms with Crippen molar-refractivity contribution < 1.29 is 23.4 Å². The number of hydrogen-bond donors (Lipinski definition) is 0. The maximum absolute atomic E-state index is 14.1. The first-order chi connectivity index (χ1) is 19.9. The number of benzene rings is 4. The summed E-state index contributed by atoms with van der Waals surface area (Å²) in [7, 11) is 3.17. The highest BCUT2D eigenvalue weighted by Crippen LogP contribution is 2.39. The van der Waals surface area contributed by atoms with Crippen LogP contribution in [0.3, 0.4) is 0 Å². The van der Waals surface area contributed by atoms with Gasteiger partial charge in [0.1, 0.15) is 18.2 Å². The molecule has 0 unspecified atom stereocenters. The number of carbonyl (C=O) groups is 1. The molecule has 4 aromatic rings. The molecule has 0 aromatic heterocycles. The van der Waals surface area contributed by atoms with E-state index in [1.807, 2.05) is 66.7 Å². The molecule has 0 saturated carbocycles. The fourth-order valence-corrected chi connectivity index (χ4v) is 5.92. The Morgan fingerprint density at radius 3 is 2.39 bits per heavy atom. The number of methoxy groups -OCH3 is 2. The minimum absolute atomic E-state index is 0.0629. The Labute approximate surface area is 256 Å². The second-order valence-electron chi connectivity index (χ2n) is 8.99. The van der Waals surface area contributed by atoms with Crippen molar-refractivity contribution in [3.05, 3.63) is 122 Å². The lowest BCUT2D eigenvalue weighted by Crippen LogP contribution is -2.28. The van der Waals surface area contributed by atoms with Gasteiger partial charge in [-0.15, -0.1) is 0 Å². The van der Waals surface area contributed by atoms with Crippen molar-refractivity contribution in [2.24, 2.45) is 4.99 Å². The summed E-state index contributed by atoms with van der Waals surface area (Å²) in [5, 5.41) is 0.592. The largest absolute Gasteiger partial charge is 0.497 e. The van der Waals surface area contributed by atoms with Crippen LogP contribution in [0.4, 0.5) is 10.1 Å². The average Bonchev–Trinajstić information content (AvgIpc) is 3.26. The van der Waals surface area contributed by atoms with Crippen molar-refractivity contribution >= 4 is 57.2 Å². The van der Waals surface area contributed by atoms with Crippen molar-refractivity contribution in [2.75, 3.05) is 14.2 Å². The van der Waals surface area contributed by atoms with Gasteiger partial charge in [-0.25, -0.2) is 9.38 Å². The second kappa shape index (κ2) is 13.2. The van der Waals surface area contributed by atoms with Crippen LogP contribution in [-0.2, 0) is 17.9 Å². The lowest BCUT2D eigenvalue weighted by Gasteiger charge is -2.16. The summed E-state index contributed by atoms with van der Waals surface area (Å²) < 4.78 is 31.7. The molecule has 1 heterocycles. The number of carbonyl (C=O) groups excluding carboxylic acids is 1. The summed E-state index contributed by atoms with van der Waals surface area (Å²) in [6.07, 6.45) is 1.83. The van der Waals surface area contributed by atoms with Crippen LogP contribution in [-0.4, -0.2) is 30.2 Å². The number of rotatable bonds is 9. The van der Waals surface area contributed by atoms with E-state index in [1.54, 1.807) is 43.4 Å². The van der Waals surface area contributed by atoms with Crippen LogP contribution in [0.2, 0.25) is 0 Å². The number of amidine groups is 1. The van der Waals surface area contributed by atoms with Crippen LogP contribution in [0.25, 0.3) is 6.08 Å². The number of halogens is 2. The molecule has 0 radical (unpaired) electrons. The summed E-state index contributed by atoms with van der Waals surface area (Å²) in [5.74, 6) is 1.28. The van der Waals surface area contributed by atoms with Gasteiger partial charge in [-0.3, -0.25) is 9.69 Å². The third kappa shape index (κ3) is 6.91. The zero-order chi connectivity index (χ0) is 28.8. The highest BCUT2D eigenvalue weighted by Gasteiger charge is 2.33. The van der Waals surface area contributed by atoms with Gasteiger partial charge in [0.15, 0.2) is 16.7 Å². The van der Waals surface area contributed by atoms with Crippen molar-refractivity contribution in [3.8, 4) is 17.2 Å². The van der Waals surface area contributed by atoms with Gasteiger partial charge < -0.3 is 14.2 Å². The highest BCUT2D eigenvalue weighted by molar-refractivity contribution is 14.1. The molecule has 6 nitrogen and oxygen atoms in total. The number of amides is 1. The summed E-state index contributed by atoms with van der Waals surface area (Å²) in [6.45, 7) is 0.427. The molecule has 9 heteroatoms. The number of aliphatic imine (C=N–C) groups is 1. The van der Waals surface area contributed by atoms with Crippen LogP contribution in [0.1, 0.15) is 16.7 Å². The van der Waals surface area contributed by atoms with Crippen LogP contribution in [0.5, 0.6) is 17.2 Å². The van der Waals surface area contributed by atoms with Gasteiger partial charge in [0.05, 0.1) is 34.9 Å². The van der Waals surface area contributed by atoms with Gasteiger partial charge in [-0.05, 0) is 94.0 Å². The normalized spacial score (nSPS) is 15.0. The van der Waals surface area contributed by atoms with E-state index in [-0.39, 0.29) is 18.3 Å². The summed E-state index contributed by atoms with van der Waals surface area (Å²) >= 11 is 3.48. The maximum Gasteiger partial charge on any atom is 0.267 e. The Morgan fingerprint density at radius 1 is 0.951 bits per heavy atom. The maximum atomic E-state index is 14.1. The summed E-state index contributed by atoms with van der Waals surface area (Å²) in [5.41, 5.74) is 2.93. The molecule has 4 aromatic carbocycles. The van der Waals surface area contributed by atoms with Gasteiger partial charge in [-0.2, -0.15) is 0 Å². The predicted octanol–water partition coefficient (Wildman–Crippen LogP) is 7.83. The SMILES string of the molecule is COc1ccc(CN2C(=O)/C(=C/c3cc(I)c(OCc4ccccc4F)c(OC)c3)SC2=Nc2ccccc2)cc1. The van der Waals surface area contributed by atoms with E-state index < -0.39 is 0 Å². The Bertz CT molecular complexity index is 1610. The molecule has 0 N–H and O–H groups in total. The minimum Gasteiger partial charge on any atom is -0.497 e. The standard InChI is InChI=1S/C32H26FIN2O4S/c1-38-25-14-12-21(13-15-25)19-36-31(37)29(41-32(36)35-24-9-4-3-5-10-24)18-22-16-27(34)30(28(17-22)39-2)40-20-23-8-6-7-11-26(23)33/h3-18H,19-20H2,1-2H3/b29-18-,35-32?. The molecular weight excluding hydrogens is 654 g/mol. The molecule has 0 bridgehead atoms. The van der Waals surface area contributed by atoms with E-state index in [0.717, 1.165) is 26.1 Å². The van der Waals surface area contributed by atoms with E-state index in [2.05, 4.69) is 22.6 Å². The molecule has 1 fully saturated rings. The number of para-hydroxylation sites is 1. The Balaban J connectivity index is 1.43. The number of thioether (sulfide) groups is 1. The van der Waals surface area contributed by atoms with Crippen molar-refractivity contribution in [1.82, 2.24) is 4.90 Å². The van der Waals surface area contributed by atoms with Crippen LogP contribution in [0, 0.1) is 9.39 Å². The smallest absolute Gasteiger partial charge is 0.267 e. The quantitative estimate of drug-likeness (QED) is 0.133. The molecule has 1 amide bonds. The molecule has 1 aliphatic heterocycles. The minimum atomic E-state index is -0.327. The van der Waals surface area contributed by atoms with Gasteiger partial charge in [0.25, 0.3) is 5.91 Å². The van der Waals surface area contributed by atoms with Crippen LogP contribution in [0.15, 0.2) is 101 Å². The zero-order valence-corrected chi connectivity index (χ0v) is 25.3. The molecule has 1 saturated heterocycles. The number of nitrogens with zero attached hydrogens (tertiary/aromatic N) is 2. The Hall–Kier alpha value is -3.83. The van der Waals surface area contributed by atoms with Gasteiger partial charge in [0.2, 0.25) is 0 Å². The first kappa shape index (κ1) is 28.7. The lowest BCUT2D eigenvalue weighted by molar-refractivity contribution is -0.122. The molecule has 5 rings (SSSR count). The topological polar surface area (TPSA) is 60.4 Å². The number of ether oxygens (including phenoxy) is 3. The highest BCUT2D eigenvalue weighted by atomic mass is 127. The van der Waals surface area contributed by atoms with Crippen molar-refractivity contribution in [2.45, 2.75) is 13.2 Å². The van der Waals surface area contributed by atoms with E-state index in [4.69, 9.17) is 19.2 Å². The summed E-state index contributed by atoms with van der Waals surface area (Å²) in [6, 6.07) is 27.4. The van der Waals surface area contributed by atoms with Crippen molar-refractivity contribution in [3.63, 3.8) is 0 Å². The van der Waals surface area contributed by atoms with Gasteiger partial charge >= 0.3 is 0 Å². The predicted molar refractivity (Wildman–Crippen MR) is 169 cm³/mol. The van der Waals surface area contributed by atoms with Crippen LogP contribution < -0.4 is 14.2 Å². The van der Waals surface area contributed by atoms with Crippen LogP contribution >= 0.6 is 34.4 Å². The molecule has 0 aliphatic carbocycles. The second-order valence-corrected chi connectivity index (χ2v) is 11.2. The third-order valence-corrected chi connectivity index (χ3v) is 8.06. The molecule has 0 spiro atoms. The average molecular weight is 681 g/mol. The third-order valence-electron chi connectivity index (χ3n) is 6.25. The van der Waals surface area contributed by atoms with E-state index in [1.165, 1.54) is 17.8 Å².